The smallest absolute Gasteiger partial charge is 0.205 e. The summed E-state index contributed by atoms with van der Waals surface area (Å²) in [6.07, 6.45) is 1.77. The number of benzene rings is 7. The average Bonchev–Trinajstić information content (AvgIpc) is 3.31. The second kappa shape index (κ2) is 10.9. The lowest BCUT2D eigenvalue weighted by Gasteiger charge is -2.26. The fraction of sp³-hybridized carbons (Fsp3) is 0.0465. The summed E-state index contributed by atoms with van der Waals surface area (Å²) in [5.41, 5.74) is 10.2. The lowest BCUT2D eigenvalue weighted by Crippen LogP contribution is -2.10. The number of Topliss-reactive ketones (excluding diaryl/α,β-unsaturated/α-hetero) is 2. The number of ketones is 2. The monoisotopic (exact) mass is 591 g/mol. The first-order valence-electron chi connectivity index (χ1n) is 15.4. The van der Waals surface area contributed by atoms with Gasteiger partial charge in [-0.1, -0.05) is 84.4 Å². The van der Waals surface area contributed by atoms with E-state index in [2.05, 4.69) is 126 Å². The van der Waals surface area contributed by atoms with Gasteiger partial charge >= 0.3 is 0 Å². The van der Waals surface area contributed by atoms with Crippen LogP contribution in [0.3, 0.4) is 0 Å². The van der Waals surface area contributed by atoms with Crippen molar-refractivity contribution in [3.05, 3.63) is 173 Å². The molecule has 3 nitrogen and oxygen atoms in total. The number of aryl methyl sites for hydroxylation is 2. The lowest BCUT2D eigenvalue weighted by molar-refractivity contribution is 0.0989. The van der Waals surface area contributed by atoms with Gasteiger partial charge < -0.3 is 4.90 Å². The van der Waals surface area contributed by atoms with Crippen LogP contribution in [0, 0.1) is 13.8 Å². The molecule has 0 N–H and O–H groups in total. The van der Waals surface area contributed by atoms with Crippen molar-refractivity contribution in [2.75, 3.05) is 4.90 Å². The van der Waals surface area contributed by atoms with E-state index in [1.165, 1.54) is 21.5 Å². The third kappa shape index (κ3) is 4.71. The van der Waals surface area contributed by atoms with E-state index in [0.29, 0.717) is 11.1 Å². The van der Waals surface area contributed by atoms with E-state index in [1.807, 2.05) is 19.9 Å². The Kier molecular flexibility index (Phi) is 6.49. The van der Waals surface area contributed by atoms with Gasteiger partial charge in [-0.3, -0.25) is 9.59 Å². The Morgan fingerprint density at radius 2 is 1.02 bits per heavy atom. The molecular weight excluding hydrogens is 562 g/mol. The molecule has 0 saturated carbocycles. The van der Waals surface area contributed by atoms with E-state index in [4.69, 9.17) is 0 Å². The van der Waals surface area contributed by atoms with E-state index < -0.39 is 0 Å². The summed E-state index contributed by atoms with van der Waals surface area (Å²) in [6.45, 7) is 3.97. The lowest BCUT2D eigenvalue weighted by atomic mass is 10.00. The number of carbonyl (C=O) groups is 2. The Bertz CT molecular complexity index is 2400. The van der Waals surface area contributed by atoms with E-state index in [1.54, 1.807) is 18.2 Å². The molecule has 0 saturated heterocycles. The first-order valence-corrected chi connectivity index (χ1v) is 15.4. The maximum atomic E-state index is 13.0. The molecule has 0 heterocycles. The molecule has 1 aliphatic rings. The Morgan fingerprint density at radius 3 is 1.65 bits per heavy atom. The largest absolute Gasteiger partial charge is 0.310 e. The number of rotatable bonds is 4. The Labute approximate surface area is 267 Å². The van der Waals surface area contributed by atoms with Gasteiger partial charge in [0.2, 0.25) is 11.6 Å². The summed E-state index contributed by atoms with van der Waals surface area (Å²) in [5.74, 6) is -0.521. The molecule has 0 aliphatic heterocycles. The van der Waals surface area contributed by atoms with Crippen LogP contribution in [0.4, 0.5) is 17.1 Å². The number of nitrogens with zero attached hydrogens (tertiary/aromatic N) is 1. The maximum Gasteiger partial charge on any atom is 0.205 e. The summed E-state index contributed by atoms with van der Waals surface area (Å²) >= 11 is 0. The van der Waals surface area contributed by atoms with Crippen molar-refractivity contribution in [1.29, 1.82) is 0 Å². The van der Waals surface area contributed by atoms with Gasteiger partial charge in [0.25, 0.3) is 0 Å². The molecule has 0 aromatic heterocycles. The number of hydrogen-bond acceptors (Lipinski definition) is 3. The molecule has 0 unspecified atom stereocenters. The van der Waals surface area contributed by atoms with Crippen LogP contribution in [-0.2, 0) is 0 Å². The molecule has 7 aromatic carbocycles. The first-order chi connectivity index (χ1) is 22.4. The van der Waals surface area contributed by atoms with Crippen LogP contribution in [0.1, 0.15) is 37.4 Å². The zero-order chi connectivity index (χ0) is 31.4. The number of anilines is 3. The third-order valence-corrected chi connectivity index (χ3v) is 8.94. The molecule has 46 heavy (non-hydrogen) atoms. The summed E-state index contributed by atoms with van der Waals surface area (Å²) < 4.78 is 0. The van der Waals surface area contributed by atoms with Crippen molar-refractivity contribution in [2.45, 2.75) is 13.8 Å². The zero-order valence-electron chi connectivity index (χ0n) is 25.5. The van der Waals surface area contributed by atoms with E-state index in [-0.39, 0.29) is 17.1 Å². The molecule has 0 spiro atoms. The maximum absolute atomic E-state index is 13.0. The average molecular weight is 592 g/mol. The summed E-state index contributed by atoms with van der Waals surface area (Å²) in [4.78, 5) is 28.3. The van der Waals surface area contributed by atoms with Crippen molar-refractivity contribution in [2.24, 2.45) is 0 Å². The van der Waals surface area contributed by atoms with Crippen molar-refractivity contribution >= 4 is 67.0 Å². The number of hydrogen-bond donors (Lipinski definition) is 0. The highest BCUT2D eigenvalue weighted by Gasteiger charge is 2.33. The minimum Gasteiger partial charge on any atom is -0.310 e. The Hall–Kier alpha value is -6.02. The standard InChI is InChI=1S/C43H29NO2/c1-27-11-19-39-41(21-27)43(46)40(42(39)45)20-15-31-23-34-14-18-38(26-35(34)22-28(31)2)44(36-16-12-29-7-3-5-9-32(29)24-36)37-17-13-30-8-4-6-10-33(30)25-37/h3-19,21-26H,1-2H3. The number of allylic oxidation sites excluding steroid dienone is 1. The van der Waals surface area contributed by atoms with Crippen molar-refractivity contribution in [3.63, 3.8) is 0 Å². The predicted octanol–water partition coefficient (Wildman–Crippen LogP) is 10.9. The van der Waals surface area contributed by atoms with Crippen molar-refractivity contribution in [3.8, 4) is 0 Å². The van der Waals surface area contributed by atoms with Crippen molar-refractivity contribution < 1.29 is 9.59 Å². The van der Waals surface area contributed by atoms with E-state index in [0.717, 1.165) is 44.5 Å². The van der Waals surface area contributed by atoms with Gasteiger partial charge in [0.05, 0.1) is 0 Å². The van der Waals surface area contributed by atoms with Gasteiger partial charge in [-0.2, -0.15) is 0 Å². The molecule has 0 amide bonds. The minimum absolute atomic E-state index is 0.0943. The third-order valence-electron chi connectivity index (χ3n) is 8.94. The van der Waals surface area contributed by atoms with Gasteiger partial charge in [-0.15, -0.1) is 5.73 Å². The topological polar surface area (TPSA) is 37.4 Å². The second-order valence-corrected chi connectivity index (χ2v) is 12.0. The van der Waals surface area contributed by atoms with Crippen LogP contribution in [0.15, 0.2) is 145 Å². The van der Waals surface area contributed by atoms with Crippen molar-refractivity contribution in [1.82, 2.24) is 0 Å². The summed E-state index contributed by atoms with van der Waals surface area (Å²) in [7, 11) is 0. The van der Waals surface area contributed by atoms with Gasteiger partial charge in [-0.25, -0.2) is 0 Å². The van der Waals surface area contributed by atoms with Crippen LogP contribution in [0.2, 0.25) is 0 Å². The highest BCUT2D eigenvalue weighted by atomic mass is 16.2. The van der Waals surface area contributed by atoms with Gasteiger partial charge in [0, 0.05) is 28.2 Å². The van der Waals surface area contributed by atoms with E-state index >= 15 is 0 Å². The van der Waals surface area contributed by atoms with Crippen LogP contribution < -0.4 is 4.90 Å². The summed E-state index contributed by atoms with van der Waals surface area (Å²) in [6, 6.07) is 46.2. The second-order valence-electron chi connectivity index (χ2n) is 12.0. The zero-order valence-corrected chi connectivity index (χ0v) is 25.5. The quantitative estimate of drug-likeness (QED) is 0.116. The Morgan fingerprint density at radius 1 is 0.500 bits per heavy atom. The van der Waals surface area contributed by atoms with Crippen LogP contribution in [0.25, 0.3) is 38.4 Å². The van der Waals surface area contributed by atoms with Gasteiger partial charge in [0.1, 0.15) is 5.57 Å². The predicted molar refractivity (Wildman–Crippen MR) is 190 cm³/mol. The number of carbonyl (C=O) groups excluding carboxylic acids is 2. The van der Waals surface area contributed by atoms with Gasteiger partial charge in [0.15, 0.2) is 0 Å². The molecule has 218 valence electrons. The van der Waals surface area contributed by atoms with Crippen LogP contribution in [0.5, 0.6) is 0 Å². The fourth-order valence-corrected chi connectivity index (χ4v) is 6.49. The molecule has 0 radical (unpaired) electrons. The normalized spacial score (nSPS) is 12.5. The van der Waals surface area contributed by atoms with Gasteiger partial charge in [-0.05, 0) is 118 Å². The molecule has 0 atom stereocenters. The SMILES string of the molecule is Cc1ccc2c(c1)C(=O)C(=C=Cc1cc3ccc(N(c4ccc5ccccc5c4)c4ccc5ccccc5c4)cc3cc1C)C2=O. The fourth-order valence-electron chi connectivity index (χ4n) is 6.49. The van der Waals surface area contributed by atoms with E-state index in [9.17, 15) is 9.59 Å². The first kappa shape index (κ1) is 27.5. The molecule has 7 aromatic rings. The molecule has 0 bridgehead atoms. The molecule has 1 aliphatic carbocycles. The highest BCUT2D eigenvalue weighted by Crippen LogP contribution is 2.39. The summed E-state index contributed by atoms with van der Waals surface area (Å²) in [5, 5.41) is 6.94. The van der Waals surface area contributed by atoms with Crippen LogP contribution in [-0.4, -0.2) is 11.6 Å². The Balaban J connectivity index is 1.22. The molecular formula is C43H29NO2. The molecule has 3 heteroatoms. The highest BCUT2D eigenvalue weighted by molar-refractivity contribution is 6.39. The molecule has 0 fully saturated rings. The number of fused-ring (bicyclic) bond motifs is 4. The molecule has 8 rings (SSSR count). The van der Waals surface area contributed by atoms with Crippen LogP contribution >= 0.6 is 0 Å². The minimum atomic E-state index is -0.262.